The van der Waals surface area contributed by atoms with Gasteiger partial charge in [-0.25, -0.2) is 4.39 Å². The summed E-state index contributed by atoms with van der Waals surface area (Å²) in [4.78, 5) is 11.7. The predicted molar refractivity (Wildman–Crippen MR) is 77.6 cm³/mol. The molecule has 0 aliphatic heterocycles. The highest BCUT2D eigenvalue weighted by Crippen LogP contribution is 2.21. The summed E-state index contributed by atoms with van der Waals surface area (Å²) in [5.74, 6) is -0.660. The summed E-state index contributed by atoms with van der Waals surface area (Å²) in [5, 5.41) is 12.0. The SMILES string of the molecule is C[C@@H](O)c1ccc(OCC(=O)Nc2ccccc2)cc1F. The van der Waals surface area contributed by atoms with Crippen LogP contribution >= 0.6 is 0 Å². The van der Waals surface area contributed by atoms with Crippen LogP contribution in [0.2, 0.25) is 0 Å². The third-order valence-corrected chi connectivity index (χ3v) is 2.85. The highest BCUT2D eigenvalue weighted by Gasteiger charge is 2.10. The highest BCUT2D eigenvalue weighted by atomic mass is 19.1. The molecule has 2 rings (SSSR count). The van der Waals surface area contributed by atoms with Gasteiger partial charge in [0.25, 0.3) is 5.91 Å². The van der Waals surface area contributed by atoms with Crippen molar-refractivity contribution in [2.45, 2.75) is 13.0 Å². The van der Waals surface area contributed by atoms with Gasteiger partial charge in [-0.05, 0) is 31.2 Å². The van der Waals surface area contributed by atoms with Crippen molar-refractivity contribution in [2.24, 2.45) is 0 Å². The van der Waals surface area contributed by atoms with Crippen LogP contribution in [-0.2, 0) is 4.79 Å². The third kappa shape index (κ3) is 4.29. The van der Waals surface area contributed by atoms with Gasteiger partial charge in [0.15, 0.2) is 6.61 Å². The molecule has 0 fully saturated rings. The van der Waals surface area contributed by atoms with E-state index in [-0.39, 0.29) is 23.8 Å². The van der Waals surface area contributed by atoms with Crippen molar-refractivity contribution >= 4 is 11.6 Å². The molecule has 0 bridgehead atoms. The van der Waals surface area contributed by atoms with E-state index in [0.29, 0.717) is 5.69 Å². The summed E-state index contributed by atoms with van der Waals surface area (Å²) in [5.41, 5.74) is 0.859. The summed E-state index contributed by atoms with van der Waals surface area (Å²) >= 11 is 0. The first-order chi connectivity index (χ1) is 10.1. The fraction of sp³-hybridized carbons (Fsp3) is 0.188. The Labute approximate surface area is 122 Å². The van der Waals surface area contributed by atoms with E-state index >= 15 is 0 Å². The number of hydrogen-bond donors (Lipinski definition) is 2. The van der Waals surface area contributed by atoms with Crippen LogP contribution in [0.5, 0.6) is 5.75 Å². The average molecular weight is 289 g/mol. The molecule has 5 heteroatoms. The standard InChI is InChI=1S/C16H16FNO3/c1-11(19)14-8-7-13(9-15(14)17)21-10-16(20)18-12-5-3-2-4-6-12/h2-9,11,19H,10H2,1H3,(H,18,20)/t11-/m1/s1. The lowest BCUT2D eigenvalue weighted by Crippen LogP contribution is -2.20. The smallest absolute Gasteiger partial charge is 0.262 e. The van der Waals surface area contributed by atoms with Crippen LogP contribution in [0.15, 0.2) is 48.5 Å². The summed E-state index contributed by atoms with van der Waals surface area (Å²) < 4.78 is 18.9. The van der Waals surface area contributed by atoms with Crippen LogP contribution in [0.3, 0.4) is 0 Å². The van der Waals surface area contributed by atoms with E-state index in [1.807, 2.05) is 6.07 Å². The molecular formula is C16H16FNO3. The minimum atomic E-state index is -0.888. The lowest BCUT2D eigenvalue weighted by molar-refractivity contribution is -0.118. The highest BCUT2D eigenvalue weighted by molar-refractivity contribution is 5.91. The second-order valence-corrected chi connectivity index (χ2v) is 4.56. The van der Waals surface area contributed by atoms with Crippen LogP contribution in [0.4, 0.5) is 10.1 Å². The minimum absolute atomic E-state index is 0.191. The molecule has 1 amide bonds. The van der Waals surface area contributed by atoms with Gasteiger partial charge >= 0.3 is 0 Å². The number of ether oxygens (including phenoxy) is 1. The molecule has 2 N–H and O–H groups in total. The van der Waals surface area contributed by atoms with Crippen LogP contribution in [-0.4, -0.2) is 17.6 Å². The first-order valence-corrected chi connectivity index (χ1v) is 6.51. The number of anilines is 1. The summed E-state index contributed by atoms with van der Waals surface area (Å²) in [6.45, 7) is 1.26. The molecular weight excluding hydrogens is 273 g/mol. The number of carbonyl (C=O) groups excluding carboxylic acids is 1. The fourth-order valence-electron chi connectivity index (χ4n) is 1.80. The van der Waals surface area contributed by atoms with Gasteiger partial charge in [-0.2, -0.15) is 0 Å². The van der Waals surface area contributed by atoms with Crippen molar-refractivity contribution in [3.8, 4) is 5.75 Å². The third-order valence-electron chi connectivity index (χ3n) is 2.85. The zero-order valence-corrected chi connectivity index (χ0v) is 11.5. The number of rotatable bonds is 5. The van der Waals surface area contributed by atoms with E-state index in [1.165, 1.54) is 19.1 Å². The second kappa shape index (κ2) is 6.85. The monoisotopic (exact) mass is 289 g/mol. The van der Waals surface area contributed by atoms with Crippen LogP contribution < -0.4 is 10.1 Å². The van der Waals surface area contributed by atoms with Gasteiger partial charge in [-0.1, -0.05) is 18.2 Å². The largest absolute Gasteiger partial charge is 0.484 e. The van der Waals surface area contributed by atoms with E-state index < -0.39 is 11.9 Å². The van der Waals surface area contributed by atoms with Crippen molar-refractivity contribution in [3.63, 3.8) is 0 Å². The summed E-state index contributed by atoms with van der Waals surface area (Å²) in [7, 11) is 0. The van der Waals surface area contributed by atoms with Gasteiger partial charge in [-0.15, -0.1) is 0 Å². The minimum Gasteiger partial charge on any atom is -0.484 e. The topological polar surface area (TPSA) is 58.6 Å². The first kappa shape index (κ1) is 15.0. The molecule has 4 nitrogen and oxygen atoms in total. The molecule has 0 radical (unpaired) electrons. The lowest BCUT2D eigenvalue weighted by Gasteiger charge is -2.10. The van der Waals surface area contributed by atoms with Crippen molar-refractivity contribution in [3.05, 3.63) is 59.9 Å². The number of nitrogens with one attached hydrogen (secondary N) is 1. The molecule has 2 aromatic rings. The van der Waals surface area contributed by atoms with Gasteiger partial charge < -0.3 is 15.2 Å². The Kier molecular flexibility index (Phi) is 4.90. The number of carbonyl (C=O) groups is 1. The number of aliphatic hydroxyl groups is 1. The van der Waals surface area contributed by atoms with Gasteiger partial charge in [0.2, 0.25) is 0 Å². The van der Waals surface area contributed by atoms with Crippen molar-refractivity contribution < 1.29 is 19.0 Å². The van der Waals surface area contributed by atoms with Crippen LogP contribution in [0.25, 0.3) is 0 Å². The van der Waals surface area contributed by atoms with Gasteiger partial charge in [0.1, 0.15) is 11.6 Å². The normalized spacial score (nSPS) is 11.8. The molecule has 0 saturated heterocycles. The Balaban J connectivity index is 1.91. The number of halogens is 1. The molecule has 0 unspecified atom stereocenters. The molecule has 1 atom stereocenters. The van der Waals surface area contributed by atoms with E-state index in [9.17, 15) is 14.3 Å². The number of aliphatic hydroxyl groups excluding tert-OH is 1. The molecule has 0 saturated carbocycles. The Morgan fingerprint density at radius 1 is 1.29 bits per heavy atom. The number of amides is 1. The predicted octanol–water partition coefficient (Wildman–Crippen LogP) is 2.90. The maximum Gasteiger partial charge on any atom is 0.262 e. The molecule has 0 spiro atoms. The lowest BCUT2D eigenvalue weighted by atomic mass is 10.1. The molecule has 21 heavy (non-hydrogen) atoms. The van der Waals surface area contributed by atoms with Crippen LogP contribution in [0.1, 0.15) is 18.6 Å². The maximum atomic E-state index is 13.6. The van der Waals surface area contributed by atoms with E-state index in [2.05, 4.69) is 5.32 Å². The number of hydrogen-bond acceptors (Lipinski definition) is 3. The van der Waals surface area contributed by atoms with Crippen LogP contribution in [0, 0.1) is 5.82 Å². The first-order valence-electron chi connectivity index (χ1n) is 6.51. The average Bonchev–Trinajstić information content (AvgIpc) is 2.46. The Morgan fingerprint density at radius 2 is 2.00 bits per heavy atom. The Morgan fingerprint density at radius 3 is 2.62 bits per heavy atom. The fourth-order valence-corrected chi connectivity index (χ4v) is 1.80. The van der Waals surface area contributed by atoms with Crippen molar-refractivity contribution in [1.82, 2.24) is 0 Å². The second-order valence-electron chi connectivity index (χ2n) is 4.56. The molecule has 2 aromatic carbocycles. The number of para-hydroxylation sites is 1. The molecule has 0 aliphatic carbocycles. The molecule has 0 aliphatic rings. The Bertz CT molecular complexity index is 614. The van der Waals surface area contributed by atoms with Gasteiger partial charge in [0.05, 0.1) is 6.10 Å². The maximum absolute atomic E-state index is 13.6. The zero-order valence-electron chi connectivity index (χ0n) is 11.5. The zero-order chi connectivity index (χ0) is 15.2. The van der Waals surface area contributed by atoms with Gasteiger partial charge in [-0.3, -0.25) is 4.79 Å². The summed E-state index contributed by atoms with van der Waals surface area (Å²) in [6, 6.07) is 13.1. The quantitative estimate of drug-likeness (QED) is 0.889. The van der Waals surface area contributed by atoms with E-state index in [4.69, 9.17) is 4.74 Å². The number of benzene rings is 2. The van der Waals surface area contributed by atoms with Crippen molar-refractivity contribution in [2.75, 3.05) is 11.9 Å². The summed E-state index contributed by atoms with van der Waals surface area (Å²) in [6.07, 6.45) is -0.888. The van der Waals surface area contributed by atoms with E-state index in [1.54, 1.807) is 24.3 Å². The molecule has 110 valence electrons. The molecule has 0 heterocycles. The Hall–Kier alpha value is -2.40. The van der Waals surface area contributed by atoms with Gasteiger partial charge in [0, 0.05) is 17.3 Å². The van der Waals surface area contributed by atoms with E-state index in [0.717, 1.165) is 6.07 Å². The van der Waals surface area contributed by atoms with Crippen molar-refractivity contribution in [1.29, 1.82) is 0 Å². The molecule has 0 aromatic heterocycles.